The van der Waals surface area contributed by atoms with E-state index in [1.807, 2.05) is 31.2 Å². The van der Waals surface area contributed by atoms with E-state index in [-0.39, 0.29) is 17.6 Å². The van der Waals surface area contributed by atoms with Gasteiger partial charge in [0.05, 0.1) is 23.5 Å². The third kappa shape index (κ3) is 2.20. The van der Waals surface area contributed by atoms with Gasteiger partial charge in [-0.05, 0) is 37.6 Å². The molecule has 22 heavy (non-hydrogen) atoms. The van der Waals surface area contributed by atoms with Crippen molar-refractivity contribution in [2.75, 3.05) is 6.61 Å². The number of hydrogen-bond acceptors (Lipinski definition) is 3. The van der Waals surface area contributed by atoms with Crippen molar-refractivity contribution in [3.8, 4) is 11.4 Å². The molecule has 0 aliphatic carbocycles. The van der Waals surface area contributed by atoms with E-state index >= 15 is 0 Å². The first-order chi connectivity index (χ1) is 10.6. The molecule has 3 aromatic rings. The highest BCUT2D eigenvalue weighted by Gasteiger charge is 2.22. The zero-order valence-corrected chi connectivity index (χ0v) is 12.4. The predicted octanol–water partition coefficient (Wildman–Crippen LogP) is 3.01. The molecule has 0 aliphatic heterocycles. The summed E-state index contributed by atoms with van der Waals surface area (Å²) in [6.07, 6.45) is 1.74. The Morgan fingerprint density at radius 2 is 2.05 bits per heavy atom. The summed E-state index contributed by atoms with van der Waals surface area (Å²) in [5.74, 6) is -0.612. The molecule has 2 aromatic heterocycles. The molecule has 112 valence electrons. The molecule has 0 fully saturated rings. The Labute approximate surface area is 126 Å². The maximum atomic E-state index is 12.8. The van der Waals surface area contributed by atoms with Gasteiger partial charge in [0.1, 0.15) is 5.56 Å². The lowest BCUT2D eigenvalue weighted by atomic mass is 10.0. The zero-order chi connectivity index (χ0) is 15.7. The fourth-order valence-corrected chi connectivity index (χ4v) is 2.59. The van der Waals surface area contributed by atoms with Crippen LogP contribution in [0.2, 0.25) is 0 Å². The van der Waals surface area contributed by atoms with Crippen LogP contribution in [0, 0.1) is 6.92 Å². The number of hydrogen-bond donors (Lipinski definition) is 2. The summed E-state index contributed by atoms with van der Waals surface area (Å²) in [5.41, 5.74) is 2.36. The van der Waals surface area contributed by atoms with Gasteiger partial charge in [-0.3, -0.25) is 4.79 Å². The van der Waals surface area contributed by atoms with Crippen LogP contribution in [0.3, 0.4) is 0 Å². The summed E-state index contributed by atoms with van der Waals surface area (Å²) >= 11 is 0. The second-order valence-electron chi connectivity index (χ2n) is 5.01. The SMILES string of the molecule is CCOC(=O)c1c(-c2ccc[nH]2)[nH]c2cccc(C)c2c1=O. The summed E-state index contributed by atoms with van der Waals surface area (Å²) in [7, 11) is 0. The van der Waals surface area contributed by atoms with Crippen molar-refractivity contribution >= 4 is 16.9 Å². The molecule has 0 atom stereocenters. The molecule has 0 unspecified atom stereocenters. The smallest absolute Gasteiger partial charge is 0.344 e. The van der Waals surface area contributed by atoms with Crippen molar-refractivity contribution in [1.82, 2.24) is 9.97 Å². The van der Waals surface area contributed by atoms with E-state index in [4.69, 9.17) is 4.74 Å². The Morgan fingerprint density at radius 3 is 2.73 bits per heavy atom. The van der Waals surface area contributed by atoms with Crippen molar-refractivity contribution in [2.45, 2.75) is 13.8 Å². The molecule has 0 saturated heterocycles. The number of aromatic amines is 2. The Kier molecular flexibility index (Phi) is 3.55. The minimum atomic E-state index is -0.612. The monoisotopic (exact) mass is 296 g/mol. The highest BCUT2D eigenvalue weighted by Crippen LogP contribution is 2.23. The van der Waals surface area contributed by atoms with Gasteiger partial charge in [0.2, 0.25) is 5.43 Å². The first-order valence-corrected chi connectivity index (χ1v) is 7.10. The van der Waals surface area contributed by atoms with Crippen LogP contribution in [0.1, 0.15) is 22.8 Å². The number of aryl methyl sites for hydroxylation is 1. The van der Waals surface area contributed by atoms with Crippen LogP contribution in [-0.4, -0.2) is 22.5 Å². The second-order valence-corrected chi connectivity index (χ2v) is 5.01. The molecule has 0 amide bonds. The number of nitrogens with one attached hydrogen (secondary N) is 2. The summed E-state index contributed by atoms with van der Waals surface area (Å²) in [4.78, 5) is 31.3. The van der Waals surface area contributed by atoms with Gasteiger partial charge in [0.15, 0.2) is 0 Å². The number of esters is 1. The first-order valence-electron chi connectivity index (χ1n) is 7.10. The van der Waals surface area contributed by atoms with Gasteiger partial charge in [-0.25, -0.2) is 4.79 Å². The van der Waals surface area contributed by atoms with Crippen LogP contribution in [0.5, 0.6) is 0 Å². The average molecular weight is 296 g/mol. The number of carbonyl (C=O) groups is 1. The van der Waals surface area contributed by atoms with E-state index < -0.39 is 5.97 Å². The molecule has 0 saturated carbocycles. The van der Waals surface area contributed by atoms with E-state index in [1.54, 1.807) is 19.2 Å². The Morgan fingerprint density at radius 1 is 1.23 bits per heavy atom. The number of ether oxygens (including phenoxy) is 1. The normalized spacial score (nSPS) is 10.8. The largest absolute Gasteiger partial charge is 0.462 e. The number of aromatic nitrogens is 2. The van der Waals surface area contributed by atoms with E-state index in [0.717, 1.165) is 5.56 Å². The molecule has 5 nitrogen and oxygen atoms in total. The van der Waals surface area contributed by atoms with Gasteiger partial charge in [0, 0.05) is 11.6 Å². The van der Waals surface area contributed by atoms with Crippen LogP contribution in [0.4, 0.5) is 0 Å². The van der Waals surface area contributed by atoms with Gasteiger partial charge < -0.3 is 14.7 Å². The average Bonchev–Trinajstić information content (AvgIpc) is 3.01. The van der Waals surface area contributed by atoms with Crippen LogP contribution in [0.15, 0.2) is 41.3 Å². The Balaban J connectivity index is 2.40. The third-order valence-corrected chi connectivity index (χ3v) is 3.58. The molecule has 0 spiro atoms. The topological polar surface area (TPSA) is 75.0 Å². The fraction of sp³-hybridized carbons (Fsp3) is 0.176. The molecule has 2 heterocycles. The minimum Gasteiger partial charge on any atom is -0.462 e. The minimum absolute atomic E-state index is 0.0334. The zero-order valence-electron chi connectivity index (χ0n) is 12.4. The van der Waals surface area contributed by atoms with Gasteiger partial charge in [0.25, 0.3) is 0 Å². The summed E-state index contributed by atoms with van der Waals surface area (Å²) < 4.78 is 5.06. The van der Waals surface area contributed by atoms with E-state index in [0.29, 0.717) is 22.3 Å². The van der Waals surface area contributed by atoms with Gasteiger partial charge >= 0.3 is 5.97 Å². The highest BCUT2D eigenvalue weighted by molar-refractivity contribution is 6.00. The van der Waals surface area contributed by atoms with E-state index in [1.165, 1.54) is 0 Å². The van der Waals surface area contributed by atoms with Crippen LogP contribution in [-0.2, 0) is 4.74 Å². The van der Waals surface area contributed by atoms with Crippen molar-refractivity contribution in [1.29, 1.82) is 0 Å². The molecule has 3 rings (SSSR count). The Bertz CT molecular complexity index is 892. The molecule has 5 heteroatoms. The van der Waals surface area contributed by atoms with Crippen LogP contribution < -0.4 is 5.43 Å². The van der Waals surface area contributed by atoms with Crippen molar-refractivity contribution < 1.29 is 9.53 Å². The summed E-state index contributed by atoms with van der Waals surface area (Å²) in [6.45, 7) is 3.78. The quantitative estimate of drug-likeness (QED) is 0.730. The number of rotatable bonds is 3. The van der Waals surface area contributed by atoms with E-state index in [9.17, 15) is 9.59 Å². The van der Waals surface area contributed by atoms with Gasteiger partial charge in [-0.15, -0.1) is 0 Å². The molecular weight excluding hydrogens is 280 g/mol. The first kappa shape index (κ1) is 14.1. The lowest BCUT2D eigenvalue weighted by molar-refractivity contribution is 0.0525. The standard InChI is InChI=1S/C17H16N2O3/c1-3-22-17(21)14-15(12-8-5-9-18-12)19-11-7-4-6-10(2)13(11)16(14)20/h4-9,18H,3H2,1-2H3,(H,19,20). The highest BCUT2D eigenvalue weighted by atomic mass is 16.5. The van der Waals surface area contributed by atoms with Crippen LogP contribution in [0.25, 0.3) is 22.3 Å². The third-order valence-electron chi connectivity index (χ3n) is 3.58. The molecule has 1 aromatic carbocycles. The van der Waals surface area contributed by atoms with Gasteiger partial charge in [-0.1, -0.05) is 12.1 Å². The molecular formula is C17H16N2O3. The number of carbonyl (C=O) groups excluding carboxylic acids is 1. The van der Waals surface area contributed by atoms with Crippen molar-refractivity contribution in [2.24, 2.45) is 0 Å². The molecule has 0 aliphatic rings. The fourth-order valence-electron chi connectivity index (χ4n) is 2.59. The Hall–Kier alpha value is -2.82. The lowest BCUT2D eigenvalue weighted by Gasteiger charge is -2.11. The maximum Gasteiger partial charge on any atom is 0.344 e. The lowest BCUT2D eigenvalue weighted by Crippen LogP contribution is -2.21. The second kappa shape index (κ2) is 5.52. The molecule has 2 N–H and O–H groups in total. The van der Waals surface area contributed by atoms with E-state index in [2.05, 4.69) is 9.97 Å². The number of benzene rings is 1. The number of pyridine rings is 1. The van der Waals surface area contributed by atoms with Crippen LogP contribution >= 0.6 is 0 Å². The predicted molar refractivity (Wildman–Crippen MR) is 85.0 cm³/mol. The number of fused-ring (bicyclic) bond motifs is 1. The van der Waals surface area contributed by atoms with Gasteiger partial charge in [-0.2, -0.15) is 0 Å². The summed E-state index contributed by atoms with van der Waals surface area (Å²) in [5, 5.41) is 0.515. The summed E-state index contributed by atoms with van der Waals surface area (Å²) in [6, 6.07) is 9.15. The van der Waals surface area contributed by atoms with Crippen molar-refractivity contribution in [3.05, 3.63) is 57.9 Å². The van der Waals surface area contributed by atoms with Crippen molar-refractivity contribution in [3.63, 3.8) is 0 Å². The molecule has 0 radical (unpaired) electrons. The number of H-pyrrole nitrogens is 2. The maximum absolute atomic E-state index is 12.8. The molecule has 0 bridgehead atoms.